The van der Waals surface area contributed by atoms with Gasteiger partial charge in [0.1, 0.15) is 6.10 Å². The highest BCUT2D eigenvalue weighted by Crippen LogP contribution is 2.12. The molecule has 0 spiro atoms. The third-order valence-electron chi connectivity index (χ3n) is 2.20. The molecule has 0 rings (SSSR count). The van der Waals surface area contributed by atoms with E-state index in [4.69, 9.17) is 9.29 Å². The van der Waals surface area contributed by atoms with Crippen LogP contribution in [-0.2, 0) is 33.4 Å². The Kier molecular flexibility index (Phi) is 8.25. The molecule has 0 aromatic heterocycles. The normalized spacial score (nSPS) is 14.1. The molecule has 10 heteroatoms. The van der Waals surface area contributed by atoms with Gasteiger partial charge in [0.25, 0.3) is 20.2 Å². The van der Waals surface area contributed by atoms with Gasteiger partial charge in [-0.1, -0.05) is 12.8 Å². The van der Waals surface area contributed by atoms with Gasteiger partial charge < -0.3 is 5.11 Å². The molecule has 0 heterocycles. The molecular weight excluding hydrogens is 312 g/mol. The standard InChI is InChI=1S/C10H20O8S2/c1-19(13,14)17-8-9(18-20(2,15)16)6-4-3-5-7-10(11)12/h9H,3-8H2,1-2H3,(H,11,12). The summed E-state index contributed by atoms with van der Waals surface area (Å²) >= 11 is 0. The van der Waals surface area contributed by atoms with Crippen molar-refractivity contribution in [3.63, 3.8) is 0 Å². The third-order valence-corrected chi connectivity index (χ3v) is 3.38. The molecule has 0 aliphatic carbocycles. The molecule has 0 amide bonds. The molecule has 1 atom stereocenters. The maximum Gasteiger partial charge on any atom is 0.303 e. The van der Waals surface area contributed by atoms with E-state index in [1.807, 2.05) is 0 Å². The highest BCUT2D eigenvalue weighted by atomic mass is 32.2. The Hall–Kier alpha value is -0.710. The molecule has 8 nitrogen and oxygen atoms in total. The van der Waals surface area contributed by atoms with Crippen LogP contribution in [0.1, 0.15) is 32.1 Å². The summed E-state index contributed by atoms with van der Waals surface area (Å²) in [6, 6.07) is 0. The number of hydrogen-bond acceptors (Lipinski definition) is 7. The SMILES string of the molecule is CS(=O)(=O)OCC(CCCCCC(=O)O)OS(C)(=O)=O. The number of carboxylic acid groups (broad SMARTS) is 1. The molecule has 0 fully saturated rings. The van der Waals surface area contributed by atoms with Crippen LogP contribution in [0.2, 0.25) is 0 Å². The van der Waals surface area contributed by atoms with Gasteiger partial charge in [0.15, 0.2) is 0 Å². The monoisotopic (exact) mass is 332 g/mol. The quantitative estimate of drug-likeness (QED) is 0.424. The third kappa shape index (κ3) is 13.7. The van der Waals surface area contributed by atoms with Crippen LogP contribution in [0.4, 0.5) is 0 Å². The van der Waals surface area contributed by atoms with Crippen molar-refractivity contribution < 1.29 is 35.1 Å². The van der Waals surface area contributed by atoms with Crippen molar-refractivity contribution in [2.24, 2.45) is 0 Å². The first-order valence-corrected chi connectivity index (χ1v) is 9.57. The van der Waals surface area contributed by atoms with Gasteiger partial charge in [-0.25, -0.2) is 0 Å². The van der Waals surface area contributed by atoms with Crippen molar-refractivity contribution in [1.82, 2.24) is 0 Å². The Labute approximate surface area is 119 Å². The lowest BCUT2D eigenvalue weighted by molar-refractivity contribution is -0.137. The molecule has 1 N–H and O–H groups in total. The molecule has 0 aromatic rings. The highest BCUT2D eigenvalue weighted by molar-refractivity contribution is 7.86. The van der Waals surface area contributed by atoms with Crippen LogP contribution in [0, 0.1) is 0 Å². The van der Waals surface area contributed by atoms with Crippen molar-refractivity contribution in [1.29, 1.82) is 0 Å². The Balaban J connectivity index is 4.22. The molecule has 0 bridgehead atoms. The minimum atomic E-state index is -3.72. The smallest absolute Gasteiger partial charge is 0.303 e. The second-order valence-corrected chi connectivity index (χ2v) is 7.65. The fourth-order valence-electron chi connectivity index (χ4n) is 1.43. The van der Waals surface area contributed by atoms with Crippen LogP contribution >= 0.6 is 0 Å². The maximum atomic E-state index is 11.0. The van der Waals surface area contributed by atoms with Crippen molar-refractivity contribution >= 4 is 26.2 Å². The van der Waals surface area contributed by atoms with E-state index in [2.05, 4.69) is 4.18 Å². The largest absolute Gasteiger partial charge is 0.481 e. The Bertz CT molecular complexity index is 493. The average molecular weight is 332 g/mol. The van der Waals surface area contributed by atoms with Crippen molar-refractivity contribution in [3.8, 4) is 0 Å². The summed E-state index contributed by atoms with van der Waals surface area (Å²) in [4.78, 5) is 10.3. The van der Waals surface area contributed by atoms with Crippen LogP contribution in [0.15, 0.2) is 0 Å². The highest BCUT2D eigenvalue weighted by Gasteiger charge is 2.18. The summed E-state index contributed by atoms with van der Waals surface area (Å²) in [6.07, 6.45) is 2.69. The topological polar surface area (TPSA) is 124 Å². The fourth-order valence-corrected chi connectivity index (χ4v) is 2.48. The first-order chi connectivity index (χ1) is 8.99. The number of unbranched alkanes of at least 4 members (excludes halogenated alkanes) is 2. The summed E-state index contributed by atoms with van der Waals surface area (Å²) in [5.41, 5.74) is 0. The molecule has 0 saturated carbocycles. The van der Waals surface area contributed by atoms with Crippen molar-refractivity contribution in [3.05, 3.63) is 0 Å². The van der Waals surface area contributed by atoms with Crippen LogP contribution < -0.4 is 0 Å². The number of rotatable bonds is 11. The van der Waals surface area contributed by atoms with Gasteiger partial charge in [-0.3, -0.25) is 13.2 Å². The van der Waals surface area contributed by atoms with Gasteiger partial charge in [-0.2, -0.15) is 16.8 Å². The van der Waals surface area contributed by atoms with Gasteiger partial charge in [-0.05, 0) is 12.8 Å². The summed E-state index contributed by atoms with van der Waals surface area (Å²) in [6.45, 7) is -0.384. The number of hydrogen-bond donors (Lipinski definition) is 1. The molecule has 1 unspecified atom stereocenters. The summed E-state index contributed by atoms with van der Waals surface area (Å²) in [7, 11) is -7.39. The molecule has 120 valence electrons. The zero-order chi connectivity index (χ0) is 15.8. The lowest BCUT2D eigenvalue weighted by Crippen LogP contribution is -2.24. The lowest BCUT2D eigenvalue weighted by atomic mass is 10.1. The van der Waals surface area contributed by atoms with Gasteiger partial charge in [0.2, 0.25) is 0 Å². The Morgan fingerprint density at radius 2 is 1.65 bits per heavy atom. The van der Waals surface area contributed by atoms with E-state index in [1.165, 1.54) is 0 Å². The van der Waals surface area contributed by atoms with Crippen LogP contribution in [0.5, 0.6) is 0 Å². The van der Waals surface area contributed by atoms with E-state index in [0.29, 0.717) is 19.3 Å². The molecule has 0 aliphatic heterocycles. The van der Waals surface area contributed by atoms with Crippen LogP contribution in [0.3, 0.4) is 0 Å². The second-order valence-electron chi connectivity index (χ2n) is 4.40. The van der Waals surface area contributed by atoms with Crippen LogP contribution in [-0.4, -0.2) is 53.1 Å². The number of carbonyl (C=O) groups is 1. The lowest BCUT2D eigenvalue weighted by Gasteiger charge is -2.15. The molecule has 0 radical (unpaired) electrons. The van der Waals surface area contributed by atoms with Gasteiger partial charge >= 0.3 is 5.97 Å². The van der Waals surface area contributed by atoms with Crippen molar-refractivity contribution in [2.75, 3.05) is 19.1 Å². The molecule has 0 saturated heterocycles. The van der Waals surface area contributed by atoms with E-state index < -0.39 is 32.3 Å². The minimum Gasteiger partial charge on any atom is -0.481 e. The van der Waals surface area contributed by atoms with E-state index in [9.17, 15) is 21.6 Å². The first-order valence-electron chi connectivity index (χ1n) is 5.94. The van der Waals surface area contributed by atoms with E-state index in [0.717, 1.165) is 12.5 Å². The average Bonchev–Trinajstić information content (AvgIpc) is 2.21. The zero-order valence-corrected chi connectivity index (χ0v) is 13.1. The second kappa shape index (κ2) is 8.55. The van der Waals surface area contributed by atoms with Gasteiger partial charge in [-0.15, -0.1) is 0 Å². The van der Waals surface area contributed by atoms with E-state index in [1.54, 1.807) is 0 Å². The predicted molar refractivity (Wildman–Crippen MR) is 71.2 cm³/mol. The van der Waals surface area contributed by atoms with Gasteiger partial charge in [0.05, 0.1) is 19.1 Å². The number of aliphatic carboxylic acids is 1. The first kappa shape index (κ1) is 19.3. The van der Waals surface area contributed by atoms with Crippen molar-refractivity contribution in [2.45, 2.75) is 38.2 Å². The molecule has 0 aliphatic rings. The minimum absolute atomic E-state index is 0.0391. The Morgan fingerprint density at radius 3 is 2.10 bits per heavy atom. The van der Waals surface area contributed by atoms with E-state index in [-0.39, 0.29) is 19.4 Å². The Morgan fingerprint density at radius 1 is 1.05 bits per heavy atom. The summed E-state index contributed by atoms with van der Waals surface area (Å²) in [5.74, 6) is -0.894. The number of carboxylic acids is 1. The summed E-state index contributed by atoms with van der Waals surface area (Å²) in [5, 5.41) is 8.46. The van der Waals surface area contributed by atoms with Crippen LogP contribution in [0.25, 0.3) is 0 Å². The predicted octanol–water partition coefficient (Wildman–Crippen LogP) is 0.342. The molecule has 0 aromatic carbocycles. The zero-order valence-electron chi connectivity index (χ0n) is 11.4. The van der Waals surface area contributed by atoms with Gasteiger partial charge in [0, 0.05) is 6.42 Å². The molecule has 20 heavy (non-hydrogen) atoms. The maximum absolute atomic E-state index is 11.0. The van der Waals surface area contributed by atoms with E-state index >= 15 is 0 Å². The molecular formula is C10H20O8S2. The fraction of sp³-hybridized carbons (Fsp3) is 0.900. The summed E-state index contributed by atoms with van der Waals surface area (Å²) < 4.78 is 53.0.